The van der Waals surface area contributed by atoms with E-state index in [1.807, 2.05) is 0 Å². The second kappa shape index (κ2) is 8.18. The fourth-order valence-electron chi connectivity index (χ4n) is 2.52. The molecule has 0 spiro atoms. The van der Waals surface area contributed by atoms with E-state index in [1.54, 1.807) is 0 Å². The van der Waals surface area contributed by atoms with E-state index in [9.17, 15) is 30.7 Å². The number of H-pyrrole nitrogens is 1. The lowest BCUT2D eigenvalue weighted by atomic mass is 10.3. The summed E-state index contributed by atoms with van der Waals surface area (Å²) < 4.78 is 67.9. The molecule has 11 nitrogen and oxygen atoms in total. The highest BCUT2D eigenvalue weighted by Crippen LogP contribution is 2.31. The summed E-state index contributed by atoms with van der Waals surface area (Å²) in [6, 6.07) is 6.58. The van der Waals surface area contributed by atoms with Crippen LogP contribution < -0.4 is 5.56 Å². The van der Waals surface area contributed by atoms with Gasteiger partial charge in [-0.3, -0.25) is 9.89 Å². The van der Waals surface area contributed by atoms with Crippen molar-refractivity contribution in [1.29, 1.82) is 0 Å². The van der Waals surface area contributed by atoms with Crippen LogP contribution in [0.1, 0.15) is 5.69 Å². The van der Waals surface area contributed by atoms with Crippen LogP contribution in [0.4, 0.5) is 11.4 Å². The number of aryl methyl sites for hydroxylation is 1. The maximum absolute atomic E-state index is 12.7. The Morgan fingerprint density at radius 3 is 2.26 bits per heavy atom. The largest absolute Gasteiger partial charge is 0.744 e. The molecule has 0 saturated carbocycles. The van der Waals surface area contributed by atoms with Gasteiger partial charge in [0.2, 0.25) is 0 Å². The highest BCUT2D eigenvalue weighted by molar-refractivity contribution is 7.86. The summed E-state index contributed by atoms with van der Waals surface area (Å²) in [5.41, 5.74) is -0.732. The fraction of sp³-hybridized carbons (Fsp3) is 0.0625. The number of aromatic amines is 1. The molecule has 0 saturated heterocycles. The van der Waals surface area contributed by atoms with Crippen LogP contribution in [-0.4, -0.2) is 35.7 Å². The lowest BCUT2D eigenvalue weighted by Crippen LogP contribution is -2.15. The molecule has 0 bridgehead atoms. The molecule has 31 heavy (non-hydrogen) atoms. The standard InChI is InChI=1S/C16H12Cl2N4O7S2/c1-8-15(20-19-9-3-2-4-10(5-9)30(24,25)26)16(23)22(21-8)13-6-12(18)14(7-11(13)17)31(27,28)29/h2-7,21H,1H3,(H,24,25,26)(H,27,28,29)/p-2. The van der Waals surface area contributed by atoms with E-state index < -0.39 is 40.6 Å². The molecule has 0 aliphatic rings. The van der Waals surface area contributed by atoms with E-state index in [4.69, 9.17) is 23.2 Å². The molecule has 0 unspecified atom stereocenters. The predicted octanol–water partition coefficient (Wildman–Crippen LogP) is 3.00. The Bertz CT molecular complexity index is 1490. The summed E-state index contributed by atoms with van der Waals surface area (Å²) in [5, 5.41) is 9.54. The first kappa shape index (κ1) is 23.1. The number of hydrogen-bond donors (Lipinski definition) is 1. The fourth-order valence-corrected chi connectivity index (χ4v) is 4.34. The van der Waals surface area contributed by atoms with E-state index in [0.717, 1.165) is 28.9 Å². The highest BCUT2D eigenvalue weighted by atomic mass is 35.5. The van der Waals surface area contributed by atoms with Gasteiger partial charge in [0.1, 0.15) is 20.2 Å². The second-order valence-corrected chi connectivity index (χ2v) is 9.61. The molecular weight excluding hydrogens is 495 g/mol. The van der Waals surface area contributed by atoms with Gasteiger partial charge in [0.15, 0.2) is 5.69 Å². The molecule has 0 radical (unpaired) electrons. The van der Waals surface area contributed by atoms with Crippen LogP contribution in [0.25, 0.3) is 5.69 Å². The first-order valence-corrected chi connectivity index (χ1v) is 11.6. The van der Waals surface area contributed by atoms with Gasteiger partial charge in [-0.05, 0) is 37.3 Å². The summed E-state index contributed by atoms with van der Waals surface area (Å²) in [5.74, 6) is 0. The van der Waals surface area contributed by atoms with Crippen molar-refractivity contribution in [3.05, 3.63) is 62.5 Å². The van der Waals surface area contributed by atoms with Gasteiger partial charge in [0.05, 0.1) is 36.9 Å². The van der Waals surface area contributed by atoms with Crippen LogP contribution in [0.2, 0.25) is 10.0 Å². The van der Waals surface area contributed by atoms with Crippen LogP contribution in [-0.2, 0) is 20.2 Å². The SMILES string of the molecule is Cc1[nH]n(-c2cc(Cl)c(S(=O)(=O)[O-])cc2Cl)c(=O)c1N=Nc1cccc(S(=O)(=O)[O-])c1. The molecule has 1 heterocycles. The van der Waals surface area contributed by atoms with Crippen molar-refractivity contribution in [3.63, 3.8) is 0 Å². The quantitative estimate of drug-likeness (QED) is 0.409. The molecule has 0 atom stereocenters. The van der Waals surface area contributed by atoms with E-state index in [1.165, 1.54) is 19.1 Å². The average molecular weight is 505 g/mol. The number of rotatable bonds is 5. The molecule has 0 fully saturated rings. The summed E-state index contributed by atoms with van der Waals surface area (Å²) >= 11 is 11.9. The number of azo groups is 1. The molecule has 1 N–H and O–H groups in total. The van der Waals surface area contributed by atoms with Gasteiger partial charge < -0.3 is 9.11 Å². The Kier molecular flexibility index (Phi) is 6.10. The van der Waals surface area contributed by atoms with Gasteiger partial charge in [0.25, 0.3) is 5.56 Å². The number of benzene rings is 2. The van der Waals surface area contributed by atoms with Crippen molar-refractivity contribution in [2.75, 3.05) is 0 Å². The molecule has 15 heteroatoms. The lowest BCUT2D eigenvalue weighted by molar-refractivity contribution is 0.461. The van der Waals surface area contributed by atoms with E-state index in [2.05, 4.69) is 15.3 Å². The molecule has 0 aliphatic carbocycles. The molecule has 0 aliphatic heterocycles. The summed E-state index contributed by atoms with van der Waals surface area (Å²) in [7, 11) is -9.58. The van der Waals surface area contributed by atoms with Gasteiger partial charge in [-0.25, -0.2) is 21.5 Å². The molecule has 0 amide bonds. The zero-order valence-corrected chi connectivity index (χ0v) is 18.4. The van der Waals surface area contributed by atoms with E-state index in [-0.39, 0.29) is 27.8 Å². The third kappa shape index (κ3) is 4.87. The van der Waals surface area contributed by atoms with Crippen LogP contribution in [0.15, 0.2) is 61.2 Å². The topological polar surface area (TPSA) is 177 Å². The molecule has 3 aromatic rings. The molecule has 1 aromatic heterocycles. The van der Waals surface area contributed by atoms with Crippen molar-refractivity contribution >= 4 is 54.8 Å². The van der Waals surface area contributed by atoms with Crippen LogP contribution in [0, 0.1) is 6.92 Å². The minimum Gasteiger partial charge on any atom is -0.744 e. The first-order valence-electron chi connectivity index (χ1n) is 8.03. The Morgan fingerprint density at radius 1 is 0.968 bits per heavy atom. The number of nitrogens with one attached hydrogen (secondary N) is 1. The minimum absolute atomic E-state index is 0.00885. The monoisotopic (exact) mass is 504 g/mol. The van der Waals surface area contributed by atoms with Crippen molar-refractivity contribution in [1.82, 2.24) is 9.78 Å². The summed E-state index contributed by atoms with van der Waals surface area (Å²) in [6.07, 6.45) is 0. The summed E-state index contributed by atoms with van der Waals surface area (Å²) in [4.78, 5) is 11.5. The van der Waals surface area contributed by atoms with E-state index in [0.29, 0.717) is 0 Å². The molecular formula is C16H10Cl2N4O7S2-2. The zero-order valence-electron chi connectivity index (χ0n) is 15.2. The number of aromatic nitrogens is 2. The normalized spacial score (nSPS) is 12.5. The Labute approximate surface area is 185 Å². The van der Waals surface area contributed by atoms with Gasteiger partial charge in [-0.2, -0.15) is 5.11 Å². The third-order valence-corrected chi connectivity index (χ3v) is 6.36. The predicted molar refractivity (Wildman–Crippen MR) is 108 cm³/mol. The molecule has 3 rings (SSSR count). The first-order chi connectivity index (χ1) is 14.3. The molecule has 2 aromatic carbocycles. The molecule has 164 valence electrons. The van der Waals surface area contributed by atoms with E-state index >= 15 is 0 Å². The lowest BCUT2D eigenvalue weighted by Gasteiger charge is -2.12. The third-order valence-electron chi connectivity index (χ3n) is 3.92. The second-order valence-electron chi connectivity index (χ2n) is 6.07. The van der Waals surface area contributed by atoms with Crippen LogP contribution in [0.5, 0.6) is 0 Å². The van der Waals surface area contributed by atoms with Crippen molar-refractivity contribution in [2.45, 2.75) is 16.7 Å². The van der Waals surface area contributed by atoms with Crippen LogP contribution in [0.3, 0.4) is 0 Å². The zero-order chi connectivity index (χ0) is 23.1. The minimum atomic E-state index is -4.88. The van der Waals surface area contributed by atoms with Crippen molar-refractivity contribution < 1.29 is 25.9 Å². The van der Waals surface area contributed by atoms with Gasteiger partial charge >= 0.3 is 0 Å². The average Bonchev–Trinajstić information content (AvgIpc) is 2.94. The summed E-state index contributed by atoms with van der Waals surface area (Å²) in [6.45, 7) is 1.48. The smallest absolute Gasteiger partial charge is 0.299 e. The highest BCUT2D eigenvalue weighted by Gasteiger charge is 2.18. The Balaban J connectivity index is 2.06. The van der Waals surface area contributed by atoms with Gasteiger partial charge in [0, 0.05) is 0 Å². The van der Waals surface area contributed by atoms with Gasteiger partial charge in [-0.15, -0.1) is 5.11 Å². The number of halogens is 2. The Hall–Kier alpha value is -2.55. The number of nitrogens with zero attached hydrogens (tertiary/aromatic N) is 3. The van der Waals surface area contributed by atoms with Crippen molar-refractivity contribution in [2.24, 2.45) is 10.2 Å². The maximum Gasteiger partial charge on any atom is 0.299 e. The number of hydrogen-bond acceptors (Lipinski definition) is 9. The maximum atomic E-state index is 12.7. The Morgan fingerprint density at radius 2 is 1.65 bits per heavy atom. The van der Waals surface area contributed by atoms with Crippen molar-refractivity contribution in [3.8, 4) is 5.69 Å². The van der Waals surface area contributed by atoms with Gasteiger partial charge in [-0.1, -0.05) is 29.3 Å². The van der Waals surface area contributed by atoms with Crippen LogP contribution >= 0.6 is 23.2 Å².